The number of rotatable bonds is 3. The number of hydrogen-bond acceptors (Lipinski definition) is 2. The summed E-state index contributed by atoms with van der Waals surface area (Å²) in [5.74, 6) is 0.494. The molecule has 2 unspecified atom stereocenters. The van der Waals surface area contributed by atoms with Crippen LogP contribution in [0.2, 0.25) is 0 Å². The van der Waals surface area contributed by atoms with Crippen molar-refractivity contribution in [2.75, 3.05) is 13.7 Å². The molecule has 0 amide bonds. The fourth-order valence-corrected chi connectivity index (χ4v) is 1.88. The van der Waals surface area contributed by atoms with E-state index < -0.39 is 0 Å². The third-order valence-electron chi connectivity index (χ3n) is 2.73. The van der Waals surface area contributed by atoms with E-state index in [1.54, 1.807) is 7.11 Å². The van der Waals surface area contributed by atoms with Crippen LogP contribution in [0, 0.1) is 0 Å². The summed E-state index contributed by atoms with van der Waals surface area (Å²) in [6.45, 7) is 0.659. The minimum atomic E-state index is -0.101. The quantitative estimate of drug-likeness (QED) is 0.759. The maximum Gasteiger partial charge on any atom is 0.0648 e. The van der Waals surface area contributed by atoms with Crippen LogP contribution in [0.4, 0.5) is 0 Å². The fourth-order valence-electron chi connectivity index (χ4n) is 1.88. The molecule has 2 heteroatoms. The van der Waals surface area contributed by atoms with E-state index in [9.17, 15) is 0 Å². The van der Waals surface area contributed by atoms with Gasteiger partial charge in [0.05, 0.1) is 6.61 Å². The first-order valence-corrected chi connectivity index (χ1v) is 4.59. The Morgan fingerprint density at radius 1 is 1.46 bits per heavy atom. The molecule has 1 saturated carbocycles. The van der Waals surface area contributed by atoms with Crippen LogP contribution in [0.25, 0.3) is 0 Å². The molecule has 70 valence electrons. The normalized spacial score (nSPS) is 31.7. The highest BCUT2D eigenvalue weighted by Gasteiger charge is 2.51. The molecular formula is C11H15NO. The van der Waals surface area contributed by atoms with E-state index in [0.717, 1.165) is 6.42 Å². The van der Waals surface area contributed by atoms with Gasteiger partial charge in [-0.3, -0.25) is 0 Å². The second-order valence-corrected chi connectivity index (χ2v) is 3.83. The Balaban J connectivity index is 2.07. The highest BCUT2D eigenvalue weighted by atomic mass is 16.5. The molecule has 0 aromatic heterocycles. The third-order valence-corrected chi connectivity index (χ3v) is 2.73. The molecule has 1 aliphatic rings. The van der Waals surface area contributed by atoms with Crippen LogP contribution in [0.1, 0.15) is 17.9 Å². The zero-order chi connectivity index (χ0) is 9.31. The summed E-state index contributed by atoms with van der Waals surface area (Å²) in [7, 11) is 1.70. The second kappa shape index (κ2) is 3.13. The van der Waals surface area contributed by atoms with Crippen LogP contribution < -0.4 is 5.73 Å². The standard InChI is InChI=1S/C11H15NO/c1-13-8-11(12)7-10(11)9-5-3-2-4-6-9/h2-6,10H,7-8,12H2,1H3. The molecule has 1 aromatic carbocycles. The van der Waals surface area contributed by atoms with Crippen molar-refractivity contribution in [3.63, 3.8) is 0 Å². The Hall–Kier alpha value is -0.860. The van der Waals surface area contributed by atoms with E-state index in [-0.39, 0.29) is 5.54 Å². The molecule has 0 radical (unpaired) electrons. The van der Waals surface area contributed by atoms with E-state index in [4.69, 9.17) is 10.5 Å². The maximum atomic E-state index is 6.11. The molecule has 1 aliphatic carbocycles. The maximum absolute atomic E-state index is 6.11. The predicted molar refractivity (Wildman–Crippen MR) is 52.6 cm³/mol. The monoisotopic (exact) mass is 177 g/mol. The molecular weight excluding hydrogens is 162 g/mol. The Labute approximate surface area is 78.7 Å². The average molecular weight is 177 g/mol. The molecule has 13 heavy (non-hydrogen) atoms. The number of methoxy groups -OCH3 is 1. The SMILES string of the molecule is COCC1(N)CC1c1ccccc1. The lowest BCUT2D eigenvalue weighted by Crippen LogP contribution is -2.29. The van der Waals surface area contributed by atoms with Gasteiger partial charge in [-0.05, 0) is 12.0 Å². The summed E-state index contributed by atoms with van der Waals surface area (Å²) in [4.78, 5) is 0. The summed E-state index contributed by atoms with van der Waals surface area (Å²) in [5.41, 5.74) is 7.34. The van der Waals surface area contributed by atoms with Crippen LogP contribution in [-0.2, 0) is 4.74 Å². The highest BCUT2D eigenvalue weighted by molar-refractivity contribution is 5.32. The zero-order valence-corrected chi connectivity index (χ0v) is 7.86. The van der Waals surface area contributed by atoms with E-state index in [1.807, 2.05) is 6.07 Å². The summed E-state index contributed by atoms with van der Waals surface area (Å²) in [6, 6.07) is 10.4. The fraction of sp³-hybridized carbons (Fsp3) is 0.455. The number of benzene rings is 1. The molecule has 2 nitrogen and oxygen atoms in total. The van der Waals surface area contributed by atoms with Crippen LogP contribution in [0.15, 0.2) is 30.3 Å². The lowest BCUT2D eigenvalue weighted by molar-refractivity contribution is 0.171. The van der Waals surface area contributed by atoms with E-state index in [2.05, 4.69) is 24.3 Å². The van der Waals surface area contributed by atoms with Crippen molar-refractivity contribution < 1.29 is 4.74 Å². The molecule has 1 fully saturated rings. The predicted octanol–water partition coefficient (Wildman–Crippen LogP) is 1.52. The van der Waals surface area contributed by atoms with Crippen molar-refractivity contribution in [1.29, 1.82) is 0 Å². The first kappa shape index (κ1) is 8.73. The van der Waals surface area contributed by atoms with Gasteiger partial charge in [-0.15, -0.1) is 0 Å². The summed E-state index contributed by atoms with van der Waals surface area (Å²) in [5, 5.41) is 0. The van der Waals surface area contributed by atoms with Gasteiger partial charge >= 0.3 is 0 Å². The van der Waals surface area contributed by atoms with Gasteiger partial charge in [-0.2, -0.15) is 0 Å². The van der Waals surface area contributed by atoms with Crippen molar-refractivity contribution in [3.05, 3.63) is 35.9 Å². The first-order chi connectivity index (χ1) is 6.26. The lowest BCUT2D eigenvalue weighted by Gasteiger charge is -2.09. The highest BCUT2D eigenvalue weighted by Crippen LogP contribution is 2.49. The van der Waals surface area contributed by atoms with Crippen molar-refractivity contribution in [2.24, 2.45) is 5.73 Å². The molecule has 2 rings (SSSR count). The van der Waals surface area contributed by atoms with Crippen molar-refractivity contribution in [3.8, 4) is 0 Å². The van der Waals surface area contributed by atoms with Crippen molar-refractivity contribution in [1.82, 2.24) is 0 Å². The van der Waals surface area contributed by atoms with Crippen molar-refractivity contribution in [2.45, 2.75) is 17.9 Å². The molecule has 2 N–H and O–H groups in total. The minimum Gasteiger partial charge on any atom is -0.383 e. The smallest absolute Gasteiger partial charge is 0.0648 e. The van der Waals surface area contributed by atoms with Crippen LogP contribution in [0.3, 0.4) is 0 Å². The molecule has 1 aromatic rings. The summed E-state index contributed by atoms with van der Waals surface area (Å²) >= 11 is 0. The molecule has 0 heterocycles. The van der Waals surface area contributed by atoms with Gasteiger partial charge in [0.2, 0.25) is 0 Å². The molecule has 0 bridgehead atoms. The van der Waals surface area contributed by atoms with Gasteiger partial charge in [0.25, 0.3) is 0 Å². The Morgan fingerprint density at radius 3 is 2.77 bits per heavy atom. The third kappa shape index (κ3) is 1.60. The molecule has 2 atom stereocenters. The van der Waals surface area contributed by atoms with Crippen LogP contribution in [0.5, 0.6) is 0 Å². The van der Waals surface area contributed by atoms with Crippen molar-refractivity contribution >= 4 is 0 Å². The summed E-state index contributed by atoms with van der Waals surface area (Å²) < 4.78 is 5.10. The average Bonchev–Trinajstić information content (AvgIpc) is 2.80. The van der Waals surface area contributed by atoms with Crippen LogP contribution >= 0.6 is 0 Å². The van der Waals surface area contributed by atoms with E-state index in [1.165, 1.54) is 5.56 Å². The molecule has 0 aliphatic heterocycles. The molecule has 0 spiro atoms. The topological polar surface area (TPSA) is 35.2 Å². The van der Waals surface area contributed by atoms with Gasteiger partial charge in [-0.25, -0.2) is 0 Å². The molecule has 0 saturated heterocycles. The number of hydrogen-bond donors (Lipinski definition) is 1. The first-order valence-electron chi connectivity index (χ1n) is 4.59. The van der Waals surface area contributed by atoms with E-state index in [0.29, 0.717) is 12.5 Å². The van der Waals surface area contributed by atoms with Gasteiger partial charge in [-0.1, -0.05) is 30.3 Å². The lowest BCUT2D eigenvalue weighted by atomic mass is 10.1. The van der Waals surface area contributed by atoms with Gasteiger partial charge in [0.15, 0.2) is 0 Å². The zero-order valence-electron chi connectivity index (χ0n) is 7.86. The Bertz CT molecular complexity index is 285. The minimum absolute atomic E-state index is 0.101. The van der Waals surface area contributed by atoms with Gasteiger partial charge in [0, 0.05) is 18.6 Å². The Morgan fingerprint density at radius 2 is 2.15 bits per heavy atom. The number of ether oxygens (including phenoxy) is 1. The largest absolute Gasteiger partial charge is 0.383 e. The van der Waals surface area contributed by atoms with Gasteiger partial charge < -0.3 is 10.5 Å². The van der Waals surface area contributed by atoms with Crippen LogP contribution in [-0.4, -0.2) is 19.3 Å². The Kier molecular flexibility index (Phi) is 2.10. The second-order valence-electron chi connectivity index (χ2n) is 3.83. The number of nitrogens with two attached hydrogens (primary N) is 1. The van der Waals surface area contributed by atoms with E-state index >= 15 is 0 Å². The van der Waals surface area contributed by atoms with Gasteiger partial charge in [0.1, 0.15) is 0 Å². The summed E-state index contributed by atoms with van der Waals surface area (Å²) in [6.07, 6.45) is 1.05.